The summed E-state index contributed by atoms with van der Waals surface area (Å²) in [6.45, 7) is 8.66. The fourth-order valence-corrected chi connectivity index (χ4v) is 3.56. The Kier molecular flexibility index (Phi) is 5.08. The van der Waals surface area contributed by atoms with Gasteiger partial charge in [-0.1, -0.05) is 13.8 Å². The zero-order valence-electron chi connectivity index (χ0n) is 12.7. The van der Waals surface area contributed by atoms with Gasteiger partial charge in [0.05, 0.1) is 0 Å². The Morgan fingerprint density at radius 1 is 1.06 bits per heavy atom. The molecule has 106 valence electrons. The molecule has 2 nitrogen and oxygen atoms in total. The van der Waals surface area contributed by atoms with Crippen molar-refractivity contribution in [2.45, 2.75) is 64.8 Å². The van der Waals surface area contributed by atoms with E-state index in [9.17, 15) is 0 Å². The predicted molar refractivity (Wildman–Crippen MR) is 78.9 cm³/mol. The van der Waals surface area contributed by atoms with Gasteiger partial charge >= 0.3 is 0 Å². The minimum atomic E-state index is 0.604. The van der Waals surface area contributed by atoms with Crippen LogP contribution in [-0.2, 0) is 0 Å². The van der Waals surface area contributed by atoms with E-state index in [1.807, 2.05) is 0 Å². The van der Waals surface area contributed by atoms with Crippen molar-refractivity contribution in [3.63, 3.8) is 0 Å². The third-order valence-corrected chi connectivity index (χ3v) is 5.28. The summed E-state index contributed by atoms with van der Waals surface area (Å²) >= 11 is 0. The van der Waals surface area contributed by atoms with Crippen molar-refractivity contribution >= 4 is 0 Å². The van der Waals surface area contributed by atoms with Crippen molar-refractivity contribution in [1.82, 2.24) is 10.2 Å². The molecule has 1 saturated carbocycles. The maximum absolute atomic E-state index is 3.46. The molecule has 2 fully saturated rings. The number of hydrogen-bond donors (Lipinski definition) is 1. The lowest BCUT2D eigenvalue weighted by Crippen LogP contribution is -2.38. The van der Waals surface area contributed by atoms with E-state index >= 15 is 0 Å². The Morgan fingerprint density at radius 2 is 1.67 bits per heavy atom. The van der Waals surface area contributed by atoms with Gasteiger partial charge in [-0.15, -0.1) is 0 Å². The molecule has 0 bridgehead atoms. The number of nitrogens with one attached hydrogen (secondary N) is 1. The molecule has 1 saturated heterocycles. The summed E-state index contributed by atoms with van der Waals surface area (Å²) in [5.41, 5.74) is 0.604. The van der Waals surface area contributed by atoms with Gasteiger partial charge in [-0.25, -0.2) is 0 Å². The average Bonchev–Trinajstić information content (AvgIpc) is 2.37. The third kappa shape index (κ3) is 4.24. The van der Waals surface area contributed by atoms with Crippen LogP contribution < -0.4 is 5.32 Å². The van der Waals surface area contributed by atoms with Crippen LogP contribution in [0, 0.1) is 11.3 Å². The van der Waals surface area contributed by atoms with Crippen molar-refractivity contribution in [1.29, 1.82) is 0 Å². The Balaban J connectivity index is 1.66. The average molecular weight is 252 g/mol. The molecule has 0 aromatic rings. The number of hydrogen-bond acceptors (Lipinski definition) is 2. The second-order valence-electron chi connectivity index (χ2n) is 7.36. The van der Waals surface area contributed by atoms with E-state index in [0.29, 0.717) is 5.41 Å². The zero-order chi connectivity index (χ0) is 13.0. The van der Waals surface area contributed by atoms with Crippen molar-refractivity contribution in [2.24, 2.45) is 11.3 Å². The summed E-state index contributed by atoms with van der Waals surface area (Å²) in [6.07, 6.45) is 9.85. The Hall–Kier alpha value is -0.0800. The molecule has 0 radical (unpaired) electrons. The topological polar surface area (TPSA) is 15.3 Å². The highest BCUT2D eigenvalue weighted by Crippen LogP contribution is 2.36. The molecule has 1 aliphatic heterocycles. The third-order valence-electron chi connectivity index (χ3n) is 5.28. The SMILES string of the molecule is CN(CCC1CCNCC1)C1CCC(C)(C)CC1. The molecule has 2 aliphatic rings. The Labute approximate surface area is 114 Å². The predicted octanol–water partition coefficient (Wildman–Crippen LogP) is 3.28. The normalized spacial score (nSPS) is 26.7. The molecule has 0 aromatic carbocycles. The van der Waals surface area contributed by atoms with Gasteiger partial charge in [0.15, 0.2) is 0 Å². The van der Waals surface area contributed by atoms with Gasteiger partial charge < -0.3 is 10.2 Å². The molecule has 2 rings (SSSR count). The highest BCUT2D eigenvalue weighted by molar-refractivity contribution is 4.83. The molecular formula is C16H32N2. The zero-order valence-corrected chi connectivity index (χ0v) is 12.7. The fourth-order valence-electron chi connectivity index (χ4n) is 3.56. The molecule has 0 aromatic heterocycles. The lowest BCUT2D eigenvalue weighted by atomic mass is 9.75. The van der Waals surface area contributed by atoms with E-state index < -0.39 is 0 Å². The highest BCUT2D eigenvalue weighted by atomic mass is 15.1. The van der Waals surface area contributed by atoms with E-state index in [2.05, 4.69) is 31.1 Å². The van der Waals surface area contributed by atoms with Crippen LogP contribution in [-0.4, -0.2) is 37.6 Å². The summed E-state index contributed by atoms with van der Waals surface area (Å²) in [4.78, 5) is 2.65. The van der Waals surface area contributed by atoms with E-state index in [0.717, 1.165) is 12.0 Å². The fraction of sp³-hybridized carbons (Fsp3) is 1.00. The molecule has 0 atom stereocenters. The van der Waals surface area contributed by atoms with Gasteiger partial charge in [0.25, 0.3) is 0 Å². The first-order chi connectivity index (χ1) is 8.57. The van der Waals surface area contributed by atoms with Crippen LogP contribution in [0.2, 0.25) is 0 Å². The van der Waals surface area contributed by atoms with Crippen LogP contribution in [0.25, 0.3) is 0 Å². The van der Waals surface area contributed by atoms with E-state index in [4.69, 9.17) is 0 Å². The maximum atomic E-state index is 3.46. The Bertz CT molecular complexity index is 233. The minimum absolute atomic E-state index is 0.604. The van der Waals surface area contributed by atoms with Crippen LogP contribution in [0.3, 0.4) is 0 Å². The van der Waals surface area contributed by atoms with Crippen molar-refractivity contribution in [2.75, 3.05) is 26.7 Å². The van der Waals surface area contributed by atoms with Crippen LogP contribution >= 0.6 is 0 Å². The summed E-state index contributed by atoms with van der Waals surface area (Å²) in [7, 11) is 2.35. The summed E-state index contributed by atoms with van der Waals surface area (Å²) in [6, 6.07) is 0.861. The van der Waals surface area contributed by atoms with Gasteiger partial charge in [-0.3, -0.25) is 0 Å². The highest BCUT2D eigenvalue weighted by Gasteiger charge is 2.28. The number of piperidine rings is 1. The van der Waals surface area contributed by atoms with Gasteiger partial charge in [-0.05, 0) is 83.0 Å². The van der Waals surface area contributed by atoms with Gasteiger partial charge in [0, 0.05) is 6.04 Å². The minimum Gasteiger partial charge on any atom is -0.317 e. The summed E-state index contributed by atoms with van der Waals surface area (Å²) in [5.74, 6) is 0.980. The number of rotatable bonds is 4. The molecule has 1 N–H and O–H groups in total. The first kappa shape index (κ1) is 14.3. The second-order valence-corrected chi connectivity index (χ2v) is 7.36. The maximum Gasteiger partial charge on any atom is 0.00926 e. The van der Waals surface area contributed by atoms with Crippen LogP contribution in [0.5, 0.6) is 0 Å². The van der Waals surface area contributed by atoms with Crippen molar-refractivity contribution in [3.05, 3.63) is 0 Å². The molecule has 1 aliphatic carbocycles. The van der Waals surface area contributed by atoms with E-state index in [1.54, 1.807) is 0 Å². The second kappa shape index (κ2) is 6.38. The largest absolute Gasteiger partial charge is 0.317 e. The standard InChI is InChI=1S/C16H32N2/c1-16(2)9-4-15(5-10-16)18(3)13-8-14-6-11-17-12-7-14/h14-15,17H,4-13H2,1-3H3. The lowest BCUT2D eigenvalue weighted by molar-refractivity contribution is 0.120. The summed E-state index contributed by atoms with van der Waals surface area (Å²) < 4.78 is 0. The molecule has 18 heavy (non-hydrogen) atoms. The van der Waals surface area contributed by atoms with Crippen LogP contribution in [0.4, 0.5) is 0 Å². The molecule has 1 heterocycles. The molecule has 0 amide bonds. The van der Waals surface area contributed by atoms with Gasteiger partial charge in [-0.2, -0.15) is 0 Å². The van der Waals surface area contributed by atoms with E-state index in [1.165, 1.54) is 64.6 Å². The lowest BCUT2D eigenvalue weighted by Gasteiger charge is -2.39. The molecule has 0 unspecified atom stereocenters. The van der Waals surface area contributed by atoms with Crippen LogP contribution in [0.1, 0.15) is 58.8 Å². The monoisotopic (exact) mass is 252 g/mol. The molecule has 0 spiro atoms. The van der Waals surface area contributed by atoms with Gasteiger partial charge in [0.1, 0.15) is 0 Å². The summed E-state index contributed by atoms with van der Waals surface area (Å²) in [5, 5.41) is 3.46. The van der Waals surface area contributed by atoms with E-state index in [-0.39, 0.29) is 0 Å². The van der Waals surface area contributed by atoms with Crippen LogP contribution in [0.15, 0.2) is 0 Å². The van der Waals surface area contributed by atoms with Gasteiger partial charge in [0.2, 0.25) is 0 Å². The Morgan fingerprint density at radius 3 is 2.28 bits per heavy atom. The quantitative estimate of drug-likeness (QED) is 0.826. The first-order valence-electron chi connectivity index (χ1n) is 7.98. The first-order valence-corrected chi connectivity index (χ1v) is 7.98. The molecular weight excluding hydrogens is 220 g/mol. The van der Waals surface area contributed by atoms with Crippen molar-refractivity contribution < 1.29 is 0 Å². The van der Waals surface area contributed by atoms with Crippen molar-refractivity contribution in [3.8, 4) is 0 Å². The number of nitrogens with zero attached hydrogens (tertiary/aromatic N) is 1. The molecule has 2 heteroatoms. The smallest absolute Gasteiger partial charge is 0.00926 e.